The Hall–Kier alpha value is -2.08. The van der Waals surface area contributed by atoms with Gasteiger partial charge in [-0.3, -0.25) is 9.59 Å². The number of esters is 1. The molecule has 1 atom stereocenters. The Kier molecular flexibility index (Phi) is 9.65. The monoisotopic (exact) mass is 342 g/mol. The Labute approximate surface area is 142 Å². The van der Waals surface area contributed by atoms with E-state index in [0.717, 1.165) is 0 Å². The lowest BCUT2D eigenvalue weighted by molar-refractivity contribution is -0.126. The Balaban J connectivity index is 0.00000484. The second-order valence-corrected chi connectivity index (χ2v) is 4.79. The van der Waals surface area contributed by atoms with Crippen LogP contribution in [0.15, 0.2) is 24.3 Å². The zero-order chi connectivity index (χ0) is 16.5. The molecule has 128 valence electrons. The smallest absolute Gasteiger partial charge is 0.340 e. The van der Waals surface area contributed by atoms with Crippen LogP contribution in [0.4, 0.5) is 5.69 Å². The third-order valence-electron chi connectivity index (χ3n) is 2.93. The fraction of sp³-hybridized carbons (Fsp3) is 0.438. The number of para-hydroxylation sites is 1. The molecule has 1 aromatic carbocycles. The van der Waals surface area contributed by atoms with Gasteiger partial charge in [0.1, 0.15) is 6.04 Å². The lowest BCUT2D eigenvalue weighted by Gasteiger charge is -2.15. The van der Waals surface area contributed by atoms with Gasteiger partial charge in [-0.2, -0.15) is 0 Å². The van der Waals surface area contributed by atoms with Gasteiger partial charge in [0, 0.05) is 6.42 Å². The fourth-order valence-corrected chi connectivity index (χ4v) is 1.83. The fourth-order valence-electron chi connectivity index (χ4n) is 1.83. The van der Waals surface area contributed by atoms with Crippen LogP contribution in [0.5, 0.6) is 0 Å². The first-order valence-corrected chi connectivity index (χ1v) is 7.35. The van der Waals surface area contributed by atoms with Crippen molar-refractivity contribution in [2.24, 2.45) is 0 Å². The van der Waals surface area contributed by atoms with Gasteiger partial charge in [-0.05, 0) is 32.4 Å². The number of nitrogens with one attached hydrogen (secondary N) is 2. The summed E-state index contributed by atoms with van der Waals surface area (Å²) in [6.07, 6.45) is 1.09. The van der Waals surface area contributed by atoms with E-state index in [4.69, 9.17) is 4.74 Å². The average molecular weight is 343 g/mol. The van der Waals surface area contributed by atoms with Crippen LogP contribution in [0.3, 0.4) is 0 Å². The second kappa shape index (κ2) is 10.6. The molecule has 6 nitrogen and oxygen atoms in total. The molecule has 0 aliphatic rings. The van der Waals surface area contributed by atoms with E-state index >= 15 is 0 Å². The molecule has 0 bridgehead atoms. The minimum absolute atomic E-state index is 0. The maximum atomic E-state index is 12.1. The highest BCUT2D eigenvalue weighted by atomic mass is 35.5. The van der Waals surface area contributed by atoms with Gasteiger partial charge >= 0.3 is 5.97 Å². The van der Waals surface area contributed by atoms with Crippen LogP contribution < -0.4 is 10.6 Å². The molecule has 0 spiro atoms. The van der Waals surface area contributed by atoms with E-state index in [0.29, 0.717) is 18.5 Å². The molecule has 0 heterocycles. The predicted molar refractivity (Wildman–Crippen MR) is 90.8 cm³/mol. The molecule has 1 unspecified atom stereocenters. The number of amides is 2. The van der Waals surface area contributed by atoms with Crippen LogP contribution >= 0.6 is 12.4 Å². The lowest BCUT2D eigenvalue weighted by Crippen LogP contribution is -2.41. The van der Waals surface area contributed by atoms with Gasteiger partial charge in [-0.25, -0.2) is 4.79 Å². The number of halogens is 1. The first kappa shape index (κ1) is 20.9. The number of hydrogen-bond donors (Lipinski definition) is 2. The van der Waals surface area contributed by atoms with Gasteiger partial charge < -0.3 is 15.4 Å². The number of benzene rings is 1. The minimum atomic E-state index is -0.686. The van der Waals surface area contributed by atoms with Crippen LogP contribution in [0.1, 0.15) is 44.0 Å². The first-order chi connectivity index (χ1) is 10.5. The highest BCUT2D eigenvalue weighted by Gasteiger charge is 2.18. The van der Waals surface area contributed by atoms with E-state index in [-0.39, 0.29) is 36.4 Å². The number of hydrogen-bond acceptors (Lipinski definition) is 4. The summed E-state index contributed by atoms with van der Waals surface area (Å²) >= 11 is 0. The van der Waals surface area contributed by atoms with Crippen LogP contribution in [-0.4, -0.2) is 30.4 Å². The Morgan fingerprint density at radius 2 is 1.83 bits per heavy atom. The van der Waals surface area contributed by atoms with E-state index in [2.05, 4.69) is 10.6 Å². The molecule has 0 saturated carbocycles. The van der Waals surface area contributed by atoms with Crippen molar-refractivity contribution >= 4 is 35.9 Å². The van der Waals surface area contributed by atoms with Crippen molar-refractivity contribution in [1.29, 1.82) is 0 Å². The summed E-state index contributed by atoms with van der Waals surface area (Å²) < 4.78 is 4.95. The summed E-state index contributed by atoms with van der Waals surface area (Å²) in [5, 5.41) is 5.25. The Morgan fingerprint density at radius 3 is 2.43 bits per heavy atom. The van der Waals surface area contributed by atoms with Crippen molar-refractivity contribution in [2.45, 2.75) is 39.7 Å². The van der Waals surface area contributed by atoms with E-state index in [1.54, 1.807) is 38.1 Å². The van der Waals surface area contributed by atoms with Crippen molar-refractivity contribution in [3.8, 4) is 0 Å². The molecule has 0 aliphatic carbocycles. The van der Waals surface area contributed by atoms with E-state index in [9.17, 15) is 14.4 Å². The Bertz CT molecular complexity index is 549. The van der Waals surface area contributed by atoms with Gasteiger partial charge in [0.05, 0.1) is 17.9 Å². The molecular weight excluding hydrogens is 320 g/mol. The zero-order valence-electron chi connectivity index (χ0n) is 13.5. The van der Waals surface area contributed by atoms with Gasteiger partial charge in [0.25, 0.3) is 0 Å². The van der Waals surface area contributed by atoms with Crippen molar-refractivity contribution in [3.05, 3.63) is 29.8 Å². The van der Waals surface area contributed by atoms with Gasteiger partial charge in [0.15, 0.2) is 0 Å². The molecular formula is C16H23ClN2O4. The highest BCUT2D eigenvalue weighted by Crippen LogP contribution is 2.16. The van der Waals surface area contributed by atoms with Gasteiger partial charge in [-0.1, -0.05) is 19.1 Å². The number of anilines is 1. The van der Waals surface area contributed by atoms with Crippen molar-refractivity contribution in [1.82, 2.24) is 5.32 Å². The van der Waals surface area contributed by atoms with E-state index < -0.39 is 12.0 Å². The van der Waals surface area contributed by atoms with Crippen LogP contribution in [-0.2, 0) is 14.3 Å². The summed E-state index contributed by atoms with van der Waals surface area (Å²) in [6.45, 7) is 5.45. The van der Waals surface area contributed by atoms with Crippen molar-refractivity contribution in [2.75, 3.05) is 11.9 Å². The quantitative estimate of drug-likeness (QED) is 0.746. The molecule has 0 fully saturated rings. The summed E-state index contributed by atoms with van der Waals surface area (Å²) in [6, 6.07) is 5.90. The minimum Gasteiger partial charge on any atom is -0.462 e. The third-order valence-corrected chi connectivity index (χ3v) is 2.93. The van der Waals surface area contributed by atoms with Crippen molar-refractivity contribution in [3.63, 3.8) is 0 Å². The van der Waals surface area contributed by atoms with Crippen LogP contribution in [0, 0.1) is 0 Å². The Morgan fingerprint density at radius 1 is 1.17 bits per heavy atom. The molecule has 0 saturated heterocycles. The predicted octanol–water partition coefficient (Wildman–Crippen LogP) is 2.53. The number of rotatable bonds is 7. The number of carbonyl (C=O) groups excluding carboxylic acids is 3. The average Bonchev–Trinajstić information content (AvgIpc) is 2.48. The second-order valence-electron chi connectivity index (χ2n) is 4.79. The third kappa shape index (κ3) is 6.69. The van der Waals surface area contributed by atoms with E-state index in [1.807, 2.05) is 6.92 Å². The molecule has 2 N–H and O–H groups in total. The zero-order valence-corrected chi connectivity index (χ0v) is 14.4. The normalized spacial score (nSPS) is 10.9. The molecule has 0 aromatic heterocycles. The first-order valence-electron chi connectivity index (χ1n) is 7.35. The topological polar surface area (TPSA) is 84.5 Å². The molecule has 1 rings (SSSR count). The summed E-state index contributed by atoms with van der Waals surface area (Å²) in [7, 11) is 0. The number of carbonyl (C=O) groups is 3. The SMILES string of the molecule is CCCC(=O)NC(C)C(=O)Nc1ccccc1C(=O)OCC.Cl. The lowest BCUT2D eigenvalue weighted by atomic mass is 10.1. The number of ether oxygens (including phenoxy) is 1. The summed E-state index contributed by atoms with van der Waals surface area (Å²) in [5.41, 5.74) is 0.646. The standard InChI is InChI=1S/C16H22N2O4.ClH/c1-4-8-14(19)17-11(3)15(20)18-13-10-7-6-9-12(13)16(21)22-5-2;/h6-7,9-11H,4-5,8H2,1-3H3,(H,17,19)(H,18,20);1H. The molecule has 1 aromatic rings. The van der Waals surface area contributed by atoms with Crippen LogP contribution in [0.25, 0.3) is 0 Å². The molecule has 0 aliphatic heterocycles. The van der Waals surface area contributed by atoms with E-state index in [1.165, 1.54) is 0 Å². The largest absolute Gasteiger partial charge is 0.462 e. The van der Waals surface area contributed by atoms with Crippen molar-refractivity contribution < 1.29 is 19.1 Å². The summed E-state index contributed by atoms with van der Waals surface area (Å²) in [5.74, 6) is -1.06. The van der Waals surface area contributed by atoms with Crippen LogP contribution in [0.2, 0.25) is 0 Å². The molecule has 2 amide bonds. The molecule has 7 heteroatoms. The highest BCUT2D eigenvalue weighted by molar-refractivity contribution is 6.03. The molecule has 23 heavy (non-hydrogen) atoms. The maximum Gasteiger partial charge on any atom is 0.340 e. The van der Waals surface area contributed by atoms with Gasteiger partial charge in [-0.15, -0.1) is 12.4 Å². The maximum absolute atomic E-state index is 12.1. The molecule has 0 radical (unpaired) electrons. The summed E-state index contributed by atoms with van der Waals surface area (Å²) in [4.78, 5) is 35.4. The van der Waals surface area contributed by atoms with Gasteiger partial charge in [0.2, 0.25) is 11.8 Å².